The number of primary amides is 1. The molecule has 1 aliphatic heterocycles. The van der Waals surface area contributed by atoms with Gasteiger partial charge >= 0.3 is 0 Å². The van der Waals surface area contributed by atoms with Crippen LogP contribution >= 0.6 is 12.2 Å². The zero-order chi connectivity index (χ0) is 12.4. The third kappa shape index (κ3) is 2.36. The molecule has 1 aromatic rings. The van der Waals surface area contributed by atoms with Gasteiger partial charge in [0.05, 0.1) is 17.8 Å². The van der Waals surface area contributed by atoms with Crippen molar-refractivity contribution in [1.82, 2.24) is 4.98 Å². The largest absolute Gasteiger partial charge is 0.389 e. The molecule has 1 saturated heterocycles. The van der Waals surface area contributed by atoms with Crippen LogP contribution in [0.4, 0.5) is 5.69 Å². The SMILES string of the molecule is NC(=O)C1CCN(c2cnccc2C(N)=S)C1. The van der Waals surface area contributed by atoms with Gasteiger partial charge in [-0.25, -0.2) is 0 Å². The molecule has 1 aliphatic rings. The molecule has 5 nitrogen and oxygen atoms in total. The smallest absolute Gasteiger partial charge is 0.222 e. The van der Waals surface area contributed by atoms with Crippen LogP contribution < -0.4 is 16.4 Å². The Labute approximate surface area is 105 Å². The summed E-state index contributed by atoms with van der Waals surface area (Å²) in [5.74, 6) is -0.359. The van der Waals surface area contributed by atoms with E-state index in [1.807, 2.05) is 0 Å². The van der Waals surface area contributed by atoms with Gasteiger partial charge in [0.2, 0.25) is 5.91 Å². The van der Waals surface area contributed by atoms with Crippen molar-refractivity contribution < 1.29 is 4.79 Å². The third-order valence-electron chi connectivity index (χ3n) is 3.00. The molecule has 6 heteroatoms. The first-order valence-electron chi connectivity index (χ1n) is 5.37. The van der Waals surface area contributed by atoms with Crippen LogP contribution in [0.2, 0.25) is 0 Å². The van der Waals surface area contributed by atoms with Crippen LogP contribution in [0.25, 0.3) is 0 Å². The van der Waals surface area contributed by atoms with Gasteiger partial charge in [0.15, 0.2) is 0 Å². The van der Waals surface area contributed by atoms with E-state index in [0.29, 0.717) is 11.5 Å². The van der Waals surface area contributed by atoms with Crippen molar-refractivity contribution in [2.24, 2.45) is 17.4 Å². The summed E-state index contributed by atoms with van der Waals surface area (Å²) < 4.78 is 0. The van der Waals surface area contributed by atoms with Crippen molar-refractivity contribution in [3.63, 3.8) is 0 Å². The molecule has 2 heterocycles. The van der Waals surface area contributed by atoms with Crippen LogP contribution in [-0.2, 0) is 4.79 Å². The maximum atomic E-state index is 11.1. The number of amides is 1. The average molecular weight is 250 g/mol. The Morgan fingerprint density at radius 2 is 2.29 bits per heavy atom. The molecule has 4 N–H and O–H groups in total. The van der Waals surface area contributed by atoms with Gasteiger partial charge < -0.3 is 16.4 Å². The maximum absolute atomic E-state index is 11.1. The Bertz CT molecular complexity index is 463. The summed E-state index contributed by atoms with van der Waals surface area (Å²) in [7, 11) is 0. The molecule has 0 bridgehead atoms. The second kappa shape index (κ2) is 4.67. The monoisotopic (exact) mass is 250 g/mol. The number of nitrogens with zero attached hydrogens (tertiary/aromatic N) is 2. The van der Waals surface area contributed by atoms with Gasteiger partial charge in [0, 0.05) is 24.8 Å². The van der Waals surface area contributed by atoms with Crippen LogP contribution in [0.1, 0.15) is 12.0 Å². The number of hydrogen-bond acceptors (Lipinski definition) is 4. The van der Waals surface area contributed by atoms with Crippen LogP contribution in [-0.4, -0.2) is 29.0 Å². The number of carbonyl (C=O) groups excluding carboxylic acids is 1. The molecule has 90 valence electrons. The molecule has 1 fully saturated rings. The molecular weight excluding hydrogens is 236 g/mol. The molecule has 2 rings (SSSR count). The van der Waals surface area contributed by atoms with Gasteiger partial charge in [-0.15, -0.1) is 0 Å². The summed E-state index contributed by atoms with van der Waals surface area (Å²) in [6.07, 6.45) is 4.14. The molecular formula is C11H14N4OS. The first kappa shape index (κ1) is 11.8. The molecule has 17 heavy (non-hydrogen) atoms. The summed E-state index contributed by atoms with van der Waals surface area (Å²) in [5.41, 5.74) is 12.6. The lowest BCUT2D eigenvalue weighted by Crippen LogP contribution is -2.28. The lowest BCUT2D eigenvalue weighted by Gasteiger charge is -2.20. The standard InChI is InChI=1S/C11H14N4OS/c12-10(16)7-2-4-15(6-7)9-5-14-3-1-8(9)11(13)17/h1,3,5,7H,2,4,6H2,(H2,12,16)(H2,13,17). The highest BCUT2D eigenvalue weighted by Gasteiger charge is 2.28. The predicted octanol–water partition coefficient (Wildman–Crippen LogP) is 0.0274. The quantitative estimate of drug-likeness (QED) is 0.739. The van der Waals surface area contributed by atoms with Crippen molar-refractivity contribution in [2.75, 3.05) is 18.0 Å². The van der Waals surface area contributed by atoms with Gasteiger partial charge in [0.25, 0.3) is 0 Å². The van der Waals surface area contributed by atoms with Gasteiger partial charge in [0.1, 0.15) is 4.99 Å². The number of hydrogen-bond donors (Lipinski definition) is 2. The van der Waals surface area contributed by atoms with E-state index in [9.17, 15) is 4.79 Å². The Kier molecular flexibility index (Phi) is 3.23. The molecule has 0 spiro atoms. The zero-order valence-electron chi connectivity index (χ0n) is 9.30. The van der Waals surface area contributed by atoms with Crippen LogP contribution in [0.3, 0.4) is 0 Å². The van der Waals surface area contributed by atoms with Gasteiger partial charge in [-0.1, -0.05) is 12.2 Å². The normalized spacial score (nSPS) is 19.3. The summed E-state index contributed by atoms with van der Waals surface area (Å²) in [5, 5.41) is 0. The van der Waals surface area contributed by atoms with Crippen LogP contribution in [0.5, 0.6) is 0 Å². The molecule has 1 unspecified atom stereocenters. The second-order valence-electron chi connectivity index (χ2n) is 4.09. The Morgan fingerprint density at radius 3 is 2.88 bits per heavy atom. The zero-order valence-corrected chi connectivity index (χ0v) is 10.1. The lowest BCUT2D eigenvalue weighted by molar-refractivity contribution is -0.121. The Balaban J connectivity index is 2.24. The molecule has 1 atom stereocenters. The van der Waals surface area contributed by atoms with E-state index in [2.05, 4.69) is 9.88 Å². The fourth-order valence-electron chi connectivity index (χ4n) is 2.06. The Hall–Kier alpha value is -1.69. The van der Waals surface area contributed by atoms with Crippen LogP contribution in [0, 0.1) is 5.92 Å². The highest BCUT2D eigenvalue weighted by molar-refractivity contribution is 7.80. The van der Waals surface area contributed by atoms with E-state index >= 15 is 0 Å². The lowest BCUT2D eigenvalue weighted by atomic mass is 10.1. The summed E-state index contributed by atoms with van der Waals surface area (Å²) in [6.45, 7) is 1.38. The minimum atomic E-state index is -0.256. The number of nitrogens with two attached hydrogens (primary N) is 2. The fraction of sp³-hybridized carbons (Fsp3) is 0.364. The van der Waals surface area contributed by atoms with Crippen molar-refractivity contribution in [1.29, 1.82) is 0 Å². The number of thiocarbonyl (C=S) groups is 1. The van der Waals surface area contributed by atoms with E-state index in [-0.39, 0.29) is 11.8 Å². The molecule has 1 aromatic heterocycles. The molecule has 1 amide bonds. The maximum Gasteiger partial charge on any atom is 0.222 e. The van der Waals surface area contributed by atoms with E-state index < -0.39 is 0 Å². The van der Waals surface area contributed by atoms with Gasteiger partial charge in [-0.2, -0.15) is 0 Å². The third-order valence-corrected chi connectivity index (χ3v) is 3.22. The average Bonchev–Trinajstić information content (AvgIpc) is 2.78. The van der Waals surface area contributed by atoms with E-state index in [0.717, 1.165) is 24.2 Å². The molecule has 0 aliphatic carbocycles. The number of rotatable bonds is 3. The Morgan fingerprint density at radius 1 is 1.53 bits per heavy atom. The number of pyridine rings is 1. The van der Waals surface area contributed by atoms with Gasteiger partial charge in [-0.05, 0) is 12.5 Å². The number of aromatic nitrogens is 1. The molecule has 0 radical (unpaired) electrons. The molecule has 0 aromatic carbocycles. The first-order valence-corrected chi connectivity index (χ1v) is 5.78. The minimum Gasteiger partial charge on any atom is -0.389 e. The van der Waals surface area contributed by atoms with Crippen LogP contribution in [0.15, 0.2) is 18.5 Å². The topological polar surface area (TPSA) is 85.2 Å². The van der Waals surface area contributed by atoms with E-state index in [1.165, 1.54) is 0 Å². The number of anilines is 1. The van der Waals surface area contributed by atoms with E-state index in [1.54, 1.807) is 18.5 Å². The van der Waals surface area contributed by atoms with Crippen molar-refractivity contribution in [2.45, 2.75) is 6.42 Å². The highest BCUT2D eigenvalue weighted by atomic mass is 32.1. The second-order valence-corrected chi connectivity index (χ2v) is 4.53. The van der Waals surface area contributed by atoms with Crippen molar-refractivity contribution >= 4 is 28.8 Å². The fourth-order valence-corrected chi connectivity index (χ4v) is 2.23. The molecule has 0 saturated carbocycles. The van der Waals surface area contributed by atoms with Crippen molar-refractivity contribution in [3.05, 3.63) is 24.0 Å². The highest BCUT2D eigenvalue weighted by Crippen LogP contribution is 2.26. The van der Waals surface area contributed by atoms with Crippen molar-refractivity contribution in [3.8, 4) is 0 Å². The summed E-state index contributed by atoms with van der Waals surface area (Å²) in [4.78, 5) is 17.6. The van der Waals surface area contributed by atoms with E-state index in [4.69, 9.17) is 23.7 Å². The predicted molar refractivity (Wildman–Crippen MR) is 69.6 cm³/mol. The summed E-state index contributed by atoms with van der Waals surface area (Å²) >= 11 is 5.00. The minimum absolute atomic E-state index is 0.102. The first-order chi connectivity index (χ1) is 8.09. The van der Waals surface area contributed by atoms with Gasteiger partial charge in [-0.3, -0.25) is 9.78 Å². The number of carbonyl (C=O) groups is 1. The summed E-state index contributed by atoms with van der Waals surface area (Å²) in [6, 6.07) is 1.79.